The number of anilines is 2. The van der Waals surface area contributed by atoms with Crippen LogP contribution < -0.4 is 22.1 Å². The molecule has 1 aliphatic carbocycles. The summed E-state index contributed by atoms with van der Waals surface area (Å²) in [4.78, 5) is 114. The lowest BCUT2D eigenvalue weighted by Gasteiger charge is -2.36. The highest BCUT2D eigenvalue weighted by atomic mass is 16.6. The van der Waals surface area contributed by atoms with Crippen molar-refractivity contribution in [2.45, 2.75) is 231 Å². The third-order valence-corrected chi connectivity index (χ3v) is 24.5. The Bertz CT molecular complexity index is 4380. The molecule has 2 bridgehead atoms. The fraction of sp³-hybridized carbons (Fsp3) is 0.641. The number of rotatable bonds is 32. The number of carbonyl (C=O) groups is 7. The van der Waals surface area contributed by atoms with Gasteiger partial charge in [-0.3, -0.25) is 28.9 Å². The van der Waals surface area contributed by atoms with E-state index in [2.05, 4.69) is 68.6 Å². The molecule has 31 heteroatoms. The van der Waals surface area contributed by atoms with Gasteiger partial charge in [-0.2, -0.15) is 10.1 Å². The van der Waals surface area contributed by atoms with Gasteiger partial charge in [0.25, 0.3) is 11.9 Å². The molecule has 5 aliphatic heterocycles. The summed E-state index contributed by atoms with van der Waals surface area (Å²) in [5.74, 6) is -1.28. The number of alkyl carbamates (subject to hydrolysis) is 1. The number of amides is 4. The van der Waals surface area contributed by atoms with Gasteiger partial charge in [0.15, 0.2) is 11.2 Å². The first-order chi connectivity index (χ1) is 59.6. The number of ketones is 2. The maximum atomic E-state index is 14.4. The Balaban J connectivity index is 0.485. The van der Waals surface area contributed by atoms with Crippen LogP contribution in [0.3, 0.4) is 0 Å². The number of fused-ring (bicyclic) bond motifs is 6. The van der Waals surface area contributed by atoms with Gasteiger partial charge >= 0.3 is 12.1 Å². The third-order valence-electron chi connectivity index (χ3n) is 24.5. The zero-order valence-corrected chi connectivity index (χ0v) is 73.0. The number of Topliss-reactive ketones (excluding diaryl/α,β-unsaturated/α-hetero) is 2. The number of hydrogen-bond acceptors (Lipinski definition) is 26. The van der Waals surface area contributed by atoms with Gasteiger partial charge in [0.2, 0.25) is 17.6 Å². The molecular weight excluding hydrogens is 1580 g/mol. The Kier molecular flexibility index (Phi) is 37.9. The summed E-state index contributed by atoms with van der Waals surface area (Å²) in [5.41, 5.74) is 20.5. The number of nitrogen functional groups attached to an aromatic ring is 2. The lowest BCUT2D eigenvalue weighted by molar-refractivity contribution is -0.167. The van der Waals surface area contributed by atoms with Crippen LogP contribution in [-0.4, -0.2) is 260 Å². The summed E-state index contributed by atoms with van der Waals surface area (Å²) in [6.45, 7) is 18.3. The number of aliphatic hydroxyl groups excluding tert-OH is 1. The van der Waals surface area contributed by atoms with Crippen molar-refractivity contribution in [3.63, 3.8) is 0 Å². The number of benzene rings is 2. The van der Waals surface area contributed by atoms with Gasteiger partial charge in [0.1, 0.15) is 53.5 Å². The average Bonchev–Trinajstić information content (AvgIpc) is 1.62. The molecule has 3 aromatic heterocycles. The van der Waals surface area contributed by atoms with E-state index in [1.54, 1.807) is 13.2 Å². The van der Waals surface area contributed by atoms with Crippen molar-refractivity contribution in [1.29, 1.82) is 0 Å². The zero-order chi connectivity index (χ0) is 87.0. The van der Waals surface area contributed by atoms with Crippen molar-refractivity contribution >= 4 is 75.3 Å². The highest BCUT2D eigenvalue weighted by Gasteiger charge is 2.42. The van der Waals surface area contributed by atoms with Gasteiger partial charge < -0.3 is 88.8 Å². The smallest absolute Gasteiger partial charge is 0.407 e. The van der Waals surface area contributed by atoms with E-state index in [1.165, 1.54) is 16.8 Å². The predicted octanol–water partition coefficient (Wildman–Crippen LogP) is 10.5. The Morgan fingerprint density at radius 3 is 2.15 bits per heavy atom. The van der Waals surface area contributed by atoms with E-state index >= 15 is 0 Å². The molecule has 0 spiro atoms. The SMILES string of the molecule is CO[C@H]1CC2CCCC(O2)C(=O)C(=O)N2CCCC[C@H]2C(=O)O[C@H](CC[C@H]2CC[C@H](OC(=O)NCCOCCOCCOCCOCCOCCOCCC(=O)NC3CCN(CC(=O)N4CCc5cc(Cn6nc(-c7ccc8oc(N)nc8c7)c7c(N)ncnc76)ccc5C4)CC3)CC2)CC[C@H](C)/C=C(\C)[C@@H](O)CC(=O)[C@H](C)C[C@H](C)/C=C/C=C/C=C/1C. The number of hydrogen-bond donors (Lipinski definition) is 5. The number of methoxy groups -OCH3 is 1. The van der Waals surface area contributed by atoms with Gasteiger partial charge in [0.05, 0.1) is 116 Å². The van der Waals surface area contributed by atoms with Crippen molar-refractivity contribution in [2.24, 2.45) is 23.7 Å². The summed E-state index contributed by atoms with van der Waals surface area (Å²) in [7, 11) is 1.65. The molecule has 11 rings (SSSR count). The van der Waals surface area contributed by atoms with Gasteiger partial charge in [-0.05, 0) is 193 Å². The fourth-order valence-corrected chi connectivity index (χ4v) is 17.3. The minimum absolute atomic E-state index is 0.00956. The number of likely N-dealkylation sites (tertiary alicyclic amines) is 1. The molecular formula is C92H132N12O19. The Hall–Kier alpha value is -8.89. The van der Waals surface area contributed by atoms with E-state index in [0.29, 0.717) is 209 Å². The standard InChI is InChI=1S/C92H132N12O19/c1-61-13-8-7-9-14-63(3)81(113-6)55-74-15-12-17-80(120-74)86(109)89(110)103-35-11-10-16-76(103)90(111)121-72(25-18-62(2)52-65(5)78(106)56-77(105)64(4)51-61)26-20-66-21-27-73(28-22-66)122-92(112)95-34-40-115-42-44-117-46-48-119-50-49-118-47-45-116-43-41-114-39-33-82(107)98-71-31-36-101(37-32-71)59-83(108)102-38-30-68-53-67(19-23-70(68)58-102)57-104-88-84(87(93)96-60-97-88)85(100-104)69-24-29-79-75(54-69)99-91(94)123-79/h7-9,13-14,19,23-24,29,52-54,60-62,64,66,71-74,76,78,80-81,106H,10-12,15-18,20-22,25-28,30-51,55-59H2,1-6H3,(H2,94,99)(H,95,112)(H,98,107)(H2,93,96,97)/b9-7+,13-8+,63-14+,65-52+/t61-,62+,64-,66-,72+,73-,74?,76+,78+,80?,81+/m1/s1. The van der Waals surface area contributed by atoms with Crippen LogP contribution in [0, 0.1) is 23.7 Å². The van der Waals surface area contributed by atoms with E-state index in [-0.39, 0.29) is 105 Å². The summed E-state index contributed by atoms with van der Waals surface area (Å²) in [6, 6.07) is 11.1. The van der Waals surface area contributed by atoms with Crippen molar-refractivity contribution in [3.05, 3.63) is 107 Å². The van der Waals surface area contributed by atoms with Crippen LogP contribution in [0.1, 0.15) is 180 Å². The van der Waals surface area contributed by atoms with E-state index in [0.717, 1.165) is 85.9 Å². The van der Waals surface area contributed by atoms with Gasteiger partial charge in [-0.1, -0.05) is 75.4 Å². The van der Waals surface area contributed by atoms with Crippen molar-refractivity contribution < 1.29 is 90.5 Å². The van der Waals surface area contributed by atoms with E-state index in [9.17, 15) is 38.7 Å². The number of nitrogens with zero attached hydrogens (tertiary/aromatic N) is 8. The topological polar surface area (TPSA) is 387 Å². The van der Waals surface area contributed by atoms with Crippen LogP contribution in [-0.2, 0) is 95.6 Å². The first-order valence-corrected chi connectivity index (χ1v) is 44.7. The van der Waals surface area contributed by atoms with Crippen LogP contribution in [0.5, 0.6) is 0 Å². The lowest BCUT2D eigenvalue weighted by Crippen LogP contribution is -2.54. The summed E-state index contributed by atoms with van der Waals surface area (Å²) < 4.78 is 65.6. The maximum Gasteiger partial charge on any atom is 0.407 e. The van der Waals surface area contributed by atoms with Gasteiger partial charge in [0, 0.05) is 83.2 Å². The molecule has 4 amide bonds. The molecule has 7 N–H and O–H groups in total. The number of aromatic nitrogens is 5. The van der Waals surface area contributed by atoms with Crippen LogP contribution in [0.4, 0.5) is 16.6 Å². The zero-order valence-electron chi connectivity index (χ0n) is 73.0. The second-order valence-electron chi connectivity index (χ2n) is 34.0. The highest BCUT2D eigenvalue weighted by Crippen LogP contribution is 2.36. The quantitative estimate of drug-likeness (QED) is 0.0116. The number of cyclic esters (lactones) is 1. The molecule has 3 saturated heterocycles. The number of nitrogens with one attached hydrogen (secondary N) is 2. The number of carbonyl (C=O) groups excluding carboxylic acids is 7. The van der Waals surface area contributed by atoms with E-state index in [4.69, 9.17) is 68.4 Å². The fourth-order valence-electron chi connectivity index (χ4n) is 17.3. The molecule has 1 saturated carbocycles. The number of ether oxygens (including phenoxy) is 10. The Morgan fingerprint density at radius 1 is 0.699 bits per heavy atom. The third kappa shape index (κ3) is 29.6. The summed E-state index contributed by atoms with van der Waals surface area (Å²) >= 11 is 0. The summed E-state index contributed by atoms with van der Waals surface area (Å²) in [6.07, 6.45) is 22.7. The largest absolute Gasteiger partial charge is 0.461 e. The number of allylic oxidation sites excluding steroid dienone is 6. The Morgan fingerprint density at radius 2 is 1.42 bits per heavy atom. The monoisotopic (exact) mass is 1710 g/mol. The molecule has 6 aliphatic rings. The molecule has 674 valence electrons. The number of esters is 1. The molecule has 9 atom stereocenters. The highest BCUT2D eigenvalue weighted by molar-refractivity contribution is 6.38. The molecule has 4 fully saturated rings. The Labute approximate surface area is 722 Å². The molecule has 8 heterocycles. The normalized spacial score (nSPS) is 25.8. The number of piperidine rings is 2. The minimum atomic E-state index is -0.922. The number of oxazole rings is 1. The molecule has 5 aromatic rings. The molecule has 31 nitrogen and oxygen atoms in total. The lowest BCUT2D eigenvalue weighted by atomic mass is 9.83. The van der Waals surface area contributed by atoms with Crippen molar-refractivity contribution in [3.8, 4) is 11.3 Å². The average molecular weight is 1710 g/mol. The molecule has 123 heavy (non-hydrogen) atoms. The van der Waals surface area contributed by atoms with Crippen LogP contribution in [0.15, 0.2) is 94.7 Å². The molecule has 0 radical (unpaired) electrons. The molecule has 2 unspecified atom stereocenters. The predicted molar refractivity (Wildman–Crippen MR) is 463 cm³/mol. The van der Waals surface area contributed by atoms with E-state index in [1.807, 2.05) is 72.9 Å². The summed E-state index contributed by atoms with van der Waals surface area (Å²) in [5, 5.41) is 22.8. The van der Waals surface area contributed by atoms with Gasteiger partial charge in [-0.15, -0.1) is 0 Å². The van der Waals surface area contributed by atoms with Crippen LogP contribution >= 0.6 is 0 Å². The maximum absolute atomic E-state index is 14.4. The number of aliphatic hydroxyl groups is 1. The van der Waals surface area contributed by atoms with Crippen LogP contribution in [0.25, 0.3) is 33.4 Å². The number of nitrogens with two attached hydrogens (primary N) is 2. The van der Waals surface area contributed by atoms with Crippen molar-refractivity contribution in [1.82, 2.24) is 50.1 Å². The van der Waals surface area contributed by atoms with Crippen molar-refractivity contribution in [2.75, 3.05) is 137 Å². The second kappa shape index (κ2) is 49.1. The first-order valence-electron chi connectivity index (χ1n) is 44.7. The second-order valence-corrected chi connectivity index (χ2v) is 34.0. The first kappa shape index (κ1) is 94.8. The van der Waals surface area contributed by atoms with E-state index < -0.39 is 48.1 Å². The molecule has 2 aromatic carbocycles. The van der Waals surface area contributed by atoms with Crippen LogP contribution in [0.2, 0.25) is 0 Å². The minimum Gasteiger partial charge on any atom is -0.461 e. The van der Waals surface area contributed by atoms with Gasteiger partial charge in [-0.25, -0.2) is 24.2 Å².